The van der Waals surface area contributed by atoms with Crippen LogP contribution in [0.2, 0.25) is 0 Å². The molecule has 1 nitrogen and oxygen atoms in total. The standard InChI is InChI=1S/C11H16BrN/c1-7-4-11(12)6-10(9(7)3)5-8(2)13/h4,6,8H,5,13H2,1-3H3. The first-order chi connectivity index (χ1) is 6.00. The number of nitrogens with two attached hydrogens (primary N) is 1. The van der Waals surface area contributed by atoms with Gasteiger partial charge in [0, 0.05) is 10.5 Å². The average Bonchev–Trinajstić information content (AvgIpc) is 1.98. The molecule has 0 aliphatic carbocycles. The van der Waals surface area contributed by atoms with Gasteiger partial charge in [-0.2, -0.15) is 0 Å². The Morgan fingerprint density at radius 3 is 2.54 bits per heavy atom. The van der Waals surface area contributed by atoms with E-state index in [2.05, 4.69) is 41.9 Å². The largest absolute Gasteiger partial charge is 0.328 e. The Bertz CT molecular complexity index is 305. The van der Waals surface area contributed by atoms with Crippen molar-refractivity contribution in [3.63, 3.8) is 0 Å². The molecule has 0 saturated heterocycles. The summed E-state index contributed by atoms with van der Waals surface area (Å²) in [5.41, 5.74) is 9.81. The van der Waals surface area contributed by atoms with E-state index < -0.39 is 0 Å². The van der Waals surface area contributed by atoms with Gasteiger partial charge in [0.1, 0.15) is 0 Å². The van der Waals surface area contributed by atoms with Crippen molar-refractivity contribution in [2.24, 2.45) is 5.73 Å². The van der Waals surface area contributed by atoms with Gasteiger partial charge in [0.2, 0.25) is 0 Å². The monoisotopic (exact) mass is 241 g/mol. The molecule has 0 aromatic heterocycles. The fourth-order valence-electron chi connectivity index (χ4n) is 1.44. The van der Waals surface area contributed by atoms with E-state index in [0.717, 1.165) is 10.9 Å². The Labute approximate surface area is 88.5 Å². The molecule has 0 aliphatic rings. The Morgan fingerprint density at radius 2 is 2.00 bits per heavy atom. The van der Waals surface area contributed by atoms with Gasteiger partial charge in [-0.3, -0.25) is 0 Å². The summed E-state index contributed by atoms with van der Waals surface area (Å²) in [6.45, 7) is 6.32. The highest BCUT2D eigenvalue weighted by Crippen LogP contribution is 2.21. The highest BCUT2D eigenvalue weighted by atomic mass is 79.9. The molecule has 2 heteroatoms. The maximum Gasteiger partial charge on any atom is 0.0180 e. The van der Waals surface area contributed by atoms with Crippen LogP contribution in [0.4, 0.5) is 0 Å². The van der Waals surface area contributed by atoms with E-state index in [1.807, 2.05) is 6.92 Å². The molecule has 72 valence electrons. The summed E-state index contributed by atoms with van der Waals surface area (Å²) in [5, 5.41) is 0. The molecule has 0 aliphatic heterocycles. The molecule has 1 aromatic rings. The van der Waals surface area contributed by atoms with Crippen LogP contribution >= 0.6 is 15.9 Å². The Morgan fingerprint density at radius 1 is 1.38 bits per heavy atom. The van der Waals surface area contributed by atoms with Crippen LogP contribution in [-0.2, 0) is 6.42 Å². The summed E-state index contributed by atoms with van der Waals surface area (Å²) in [7, 11) is 0. The Balaban J connectivity index is 3.05. The summed E-state index contributed by atoms with van der Waals surface area (Å²) in [6, 6.07) is 4.53. The molecule has 0 spiro atoms. The molecule has 0 amide bonds. The minimum atomic E-state index is 0.229. The molecule has 1 atom stereocenters. The zero-order valence-electron chi connectivity index (χ0n) is 8.39. The minimum Gasteiger partial charge on any atom is -0.328 e. The Kier molecular flexibility index (Phi) is 3.51. The summed E-state index contributed by atoms with van der Waals surface area (Å²) in [4.78, 5) is 0. The fourth-order valence-corrected chi connectivity index (χ4v) is 2.06. The SMILES string of the molecule is Cc1cc(Br)cc(CC(C)N)c1C. The number of halogens is 1. The lowest BCUT2D eigenvalue weighted by Gasteiger charge is -2.11. The predicted octanol–water partition coefficient (Wildman–Crippen LogP) is 2.96. The molecule has 0 heterocycles. The second kappa shape index (κ2) is 4.25. The topological polar surface area (TPSA) is 26.0 Å². The van der Waals surface area contributed by atoms with Crippen LogP contribution < -0.4 is 5.73 Å². The summed E-state index contributed by atoms with van der Waals surface area (Å²) in [6.07, 6.45) is 0.951. The third kappa shape index (κ3) is 2.82. The van der Waals surface area contributed by atoms with E-state index in [0.29, 0.717) is 0 Å². The van der Waals surface area contributed by atoms with Crippen LogP contribution in [0.1, 0.15) is 23.6 Å². The average molecular weight is 242 g/mol. The molecular formula is C11H16BrN. The lowest BCUT2D eigenvalue weighted by atomic mass is 9.99. The van der Waals surface area contributed by atoms with Gasteiger partial charge < -0.3 is 5.73 Å². The molecule has 1 unspecified atom stereocenters. The van der Waals surface area contributed by atoms with Crippen LogP contribution in [0, 0.1) is 13.8 Å². The maximum atomic E-state index is 5.78. The first kappa shape index (κ1) is 10.7. The van der Waals surface area contributed by atoms with Crippen molar-refractivity contribution in [2.45, 2.75) is 33.2 Å². The van der Waals surface area contributed by atoms with Crippen molar-refractivity contribution in [3.05, 3.63) is 33.3 Å². The van der Waals surface area contributed by atoms with E-state index in [1.165, 1.54) is 16.7 Å². The lowest BCUT2D eigenvalue weighted by molar-refractivity contribution is 0.734. The van der Waals surface area contributed by atoms with Gasteiger partial charge in [-0.15, -0.1) is 0 Å². The van der Waals surface area contributed by atoms with Gasteiger partial charge in [0.25, 0.3) is 0 Å². The van der Waals surface area contributed by atoms with Crippen LogP contribution in [0.15, 0.2) is 16.6 Å². The molecule has 2 N–H and O–H groups in total. The molecular weight excluding hydrogens is 226 g/mol. The van der Waals surface area contributed by atoms with Gasteiger partial charge in [0.05, 0.1) is 0 Å². The van der Waals surface area contributed by atoms with E-state index in [9.17, 15) is 0 Å². The zero-order chi connectivity index (χ0) is 10.0. The normalized spacial score (nSPS) is 13.0. The highest BCUT2D eigenvalue weighted by Gasteiger charge is 2.05. The van der Waals surface area contributed by atoms with Crippen molar-refractivity contribution >= 4 is 15.9 Å². The van der Waals surface area contributed by atoms with E-state index in [1.54, 1.807) is 0 Å². The van der Waals surface area contributed by atoms with E-state index in [4.69, 9.17) is 5.73 Å². The van der Waals surface area contributed by atoms with Crippen LogP contribution in [-0.4, -0.2) is 6.04 Å². The first-order valence-corrected chi connectivity index (χ1v) is 5.31. The third-order valence-electron chi connectivity index (χ3n) is 2.28. The van der Waals surface area contributed by atoms with Gasteiger partial charge in [-0.05, 0) is 56.0 Å². The summed E-state index contributed by atoms with van der Waals surface area (Å²) >= 11 is 3.50. The van der Waals surface area contributed by atoms with Crippen molar-refractivity contribution in [1.29, 1.82) is 0 Å². The van der Waals surface area contributed by atoms with Gasteiger partial charge in [-0.1, -0.05) is 15.9 Å². The van der Waals surface area contributed by atoms with E-state index in [-0.39, 0.29) is 6.04 Å². The number of hydrogen-bond acceptors (Lipinski definition) is 1. The highest BCUT2D eigenvalue weighted by molar-refractivity contribution is 9.10. The maximum absolute atomic E-state index is 5.78. The molecule has 13 heavy (non-hydrogen) atoms. The number of aryl methyl sites for hydroxylation is 1. The van der Waals surface area contributed by atoms with Crippen molar-refractivity contribution in [2.75, 3.05) is 0 Å². The van der Waals surface area contributed by atoms with Crippen molar-refractivity contribution in [1.82, 2.24) is 0 Å². The first-order valence-electron chi connectivity index (χ1n) is 4.52. The van der Waals surface area contributed by atoms with Crippen molar-refractivity contribution < 1.29 is 0 Å². The number of benzene rings is 1. The van der Waals surface area contributed by atoms with Crippen LogP contribution in [0.3, 0.4) is 0 Å². The quantitative estimate of drug-likeness (QED) is 0.847. The zero-order valence-corrected chi connectivity index (χ0v) is 9.98. The molecule has 0 saturated carbocycles. The number of rotatable bonds is 2. The number of hydrogen-bond donors (Lipinski definition) is 1. The van der Waals surface area contributed by atoms with Gasteiger partial charge in [-0.25, -0.2) is 0 Å². The molecule has 0 fully saturated rings. The van der Waals surface area contributed by atoms with Crippen LogP contribution in [0.25, 0.3) is 0 Å². The summed E-state index contributed by atoms with van der Waals surface area (Å²) in [5.74, 6) is 0. The fraction of sp³-hybridized carbons (Fsp3) is 0.455. The van der Waals surface area contributed by atoms with Crippen molar-refractivity contribution in [3.8, 4) is 0 Å². The molecule has 1 aromatic carbocycles. The molecule has 0 radical (unpaired) electrons. The second-order valence-electron chi connectivity index (χ2n) is 3.69. The van der Waals surface area contributed by atoms with Gasteiger partial charge in [0.15, 0.2) is 0 Å². The predicted molar refractivity (Wildman–Crippen MR) is 61.0 cm³/mol. The minimum absolute atomic E-state index is 0.229. The second-order valence-corrected chi connectivity index (χ2v) is 4.60. The smallest absolute Gasteiger partial charge is 0.0180 e. The molecule has 0 bridgehead atoms. The molecule has 1 rings (SSSR count). The van der Waals surface area contributed by atoms with Gasteiger partial charge >= 0.3 is 0 Å². The van der Waals surface area contributed by atoms with E-state index >= 15 is 0 Å². The van der Waals surface area contributed by atoms with Crippen LogP contribution in [0.5, 0.6) is 0 Å². The third-order valence-corrected chi connectivity index (χ3v) is 2.74. The lowest BCUT2D eigenvalue weighted by Crippen LogP contribution is -2.18. The summed E-state index contributed by atoms with van der Waals surface area (Å²) < 4.78 is 1.14. The Hall–Kier alpha value is -0.340.